The molecule has 0 spiro atoms. The standard InChI is InChI=1S/C21H23ClF3N5O3/c1-32-17-8-16(15(22)7-13(17)18-10-30(11-31)5-6-33-18)28-20-26-9-14(21(23,24)25)19(29-20)27-12-3-2-4-12/h7-9,11-12,18H,2-6,10H2,1H3,(H2,26,27,28,29). The van der Waals surface area contributed by atoms with Gasteiger partial charge in [-0.3, -0.25) is 4.79 Å². The van der Waals surface area contributed by atoms with E-state index in [0.29, 0.717) is 36.7 Å². The van der Waals surface area contributed by atoms with Crippen LogP contribution in [0.25, 0.3) is 0 Å². The summed E-state index contributed by atoms with van der Waals surface area (Å²) in [5.74, 6) is 0.135. The summed E-state index contributed by atoms with van der Waals surface area (Å²) in [6.07, 6.45) is -0.949. The molecule has 1 saturated heterocycles. The summed E-state index contributed by atoms with van der Waals surface area (Å²) in [6.45, 7) is 1.22. The molecule has 2 heterocycles. The Bertz CT molecular complexity index is 1020. The molecule has 1 aliphatic carbocycles. The van der Waals surface area contributed by atoms with Crippen molar-refractivity contribution in [2.24, 2.45) is 0 Å². The van der Waals surface area contributed by atoms with E-state index in [-0.39, 0.29) is 22.8 Å². The van der Waals surface area contributed by atoms with E-state index >= 15 is 0 Å². The minimum absolute atomic E-state index is 0.0393. The SMILES string of the molecule is COc1cc(Nc2ncc(C(F)(F)F)c(NC3CCC3)n2)c(Cl)cc1C1CN(C=O)CCO1. The molecule has 178 valence electrons. The van der Waals surface area contributed by atoms with Gasteiger partial charge in [-0.2, -0.15) is 18.2 Å². The molecule has 8 nitrogen and oxygen atoms in total. The summed E-state index contributed by atoms with van der Waals surface area (Å²) < 4.78 is 51.4. The van der Waals surface area contributed by atoms with Gasteiger partial charge in [0.05, 0.1) is 31.0 Å². The second-order valence-corrected chi connectivity index (χ2v) is 8.29. The van der Waals surface area contributed by atoms with Gasteiger partial charge in [0, 0.05) is 30.4 Å². The van der Waals surface area contributed by atoms with E-state index < -0.39 is 17.8 Å². The van der Waals surface area contributed by atoms with E-state index in [9.17, 15) is 18.0 Å². The number of carbonyl (C=O) groups excluding carboxylic acids is 1. The number of carbonyl (C=O) groups is 1. The number of nitrogens with zero attached hydrogens (tertiary/aromatic N) is 3. The highest BCUT2D eigenvalue weighted by Crippen LogP contribution is 2.39. The Labute approximate surface area is 193 Å². The molecule has 33 heavy (non-hydrogen) atoms. The number of anilines is 3. The Balaban J connectivity index is 1.60. The summed E-state index contributed by atoms with van der Waals surface area (Å²) in [4.78, 5) is 20.6. The smallest absolute Gasteiger partial charge is 0.421 e. The maximum atomic E-state index is 13.4. The molecule has 1 aliphatic heterocycles. The number of benzene rings is 1. The van der Waals surface area contributed by atoms with E-state index in [1.807, 2.05) is 0 Å². The molecule has 1 unspecified atom stereocenters. The van der Waals surface area contributed by atoms with Crippen molar-refractivity contribution in [2.45, 2.75) is 37.6 Å². The van der Waals surface area contributed by atoms with E-state index in [1.54, 1.807) is 17.0 Å². The molecule has 2 N–H and O–H groups in total. The zero-order valence-electron chi connectivity index (χ0n) is 17.8. The van der Waals surface area contributed by atoms with Crippen molar-refractivity contribution in [3.05, 3.63) is 34.5 Å². The molecule has 2 aromatic rings. The Morgan fingerprint density at radius 2 is 2.12 bits per heavy atom. The highest BCUT2D eigenvalue weighted by molar-refractivity contribution is 6.33. The molecule has 12 heteroatoms. The van der Waals surface area contributed by atoms with Crippen LogP contribution in [0.1, 0.15) is 36.5 Å². The van der Waals surface area contributed by atoms with E-state index in [4.69, 9.17) is 21.1 Å². The number of amides is 1. The van der Waals surface area contributed by atoms with E-state index in [0.717, 1.165) is 31.9 Å². The van der Waals surface area contributed by atoms with Gasteiger partial charge in [0.2, 0.25) is 12.4 Å². The summed E-state index contributed by atoms with van der Waals surface area (Å²) in [7, 11) is 1.48. The lowest BCUT2D eigenvalue weighted by molar-refractivity contribution is -0.137. The minimum Gasteiger partial charge on any atom is -0.496 e. The lowest BCUT2D eigenvalue weighted by Crippen LogP contribution is -2.37. The first-order valence-electron chi connectivity index (χ1n) is 10.4. The fourth-order valence-electron chi connectivity index (χ4n) is 3.67. The van der Waals surface area contributed by atoms with Crippen LogP contribution in [0.3, 0.4) is 0 Å². The van der Waals surface area contributed by atoms with Gasteiger partial charge < -0.3 is 25.0 Å². The van der Waals surface area contributed by atoms with Crippen LogP contribution in [0.2, 0.25) is 5.02 Å². The van der Waals surface area contributed by atoms with Gasteiger partial charge in [0.15, 0.2) is 0 Å². The zero-order valence-corrected chi connectivity index (χ0v) is 18.5. The van der Waals surface area contributed by atoms with Gasteiger partial charge in [-0.15, -0.1) is 0 Å². The molecule has 1 aromatic heterocycles. The van der Waals surface area contributed by atoms with Crippen LogP contribution >= 0.6 is 11.6 Å². The first-order valence-corrected chi connectivity index (χ1v) is 10.8. The lowest BCUT2D eigenvalue weighted by atomic mass is 9.93. The number of halogens is 4. The Hall–Kier alpha value is -2.79. The molecule has 1 aromatic carbocycles. The number of hydrogen-bond donors (Lipinski definition) is 2. The molecule has 2 fully saturated rings. The van der Waals surface area contributed by atoms with Crippen molar-refractivity contribution in [3.8, 4) is 5.75 Å². The molecule has 0 radical (unpaired) electrons. The van der Waals surface area contributed by atoms with Crippen LogP contribution in [0, 0.1) is 0 Å². The topological polar surface area (TPSA) is 88.6 Å². The van der Waals surface area contributed by atoms with Crippen LogP contribution in [0.15, 0.2) is 18.3 Å². The first-order chi connectivity index (χ1) is 15.8. The molecular formula is C21H23ClF3N5O3. The normalized spacial score (nSPS) is 19.1. The van der Waals surface area contributed by atoms with Crippen molar-refractivity contribution >= 4 is 35.5 Å². The summed E-state index contributed by atoms with van der Waals surface area (Å²) in [5.41, 5.74) is 0.0862. The van der Waals surface area contributed by atoms with Crippen molar-refractivity contribution in [2.75, 3.05) is 37.4 Å². The molecular weight excluding hydrogens is 463 g/mol. The lowest BCUT2D eigenvalue weighted by Gasteiger charge is -2.31. The van der Waals surface area contributed by atoms with Crippen LogP contribution in [0.5, 0.6) is 5.75 Å². The van der Waals surface area contributed by atoms with Crippen LogP contribution < -0.4 is 15.4 Å². The van der Waals surface area contributed by atoms with E-state index in [2.05, 4.69) is 20.6 Å². The van der Waals surface area contributed by atoms with Gasteiger partial charge >= 0.3 is 6.18 Å². The molecule has 1 amide bonds. The highest BCUT2D eigenvalue weighted by Gasteiger charge is 2.36. The predicted octanol–water partition coefficient (Wildman–Crippen LogP) is 4.40. The van der Waals surface area contributed by atoms with Gasteiger partial charge in [-0.1, -0.05) is 11.6 Å². The summed E-state index contributed by atoms with van der Waals surface area (Å²) >= 11 is 6.45. The largest absolute Gasteiger partial charge is 0.496 e. The number of methoxy groups -OCH3 is 1. The maximum absolute atomic E-state index is 13.4. The van der Waals surface area contributed by atoms with Crippen molar-refractivity contribution in [1.29, 1.82) is 0 Å². The fourth-order valence-corrected chi connectivity index (χ4v) is 3.89. The van der Waals surface area contributed by atoms with Crippen molar-refractivity contribution in [1.82, 2.24) is 14.9 Å². The fraction of sp³-hybridized carbons (Fsp3) is 0.476. The van der Waals surface area contributed by atoms with Crippen LogP contribution in [-0.2, 0) is 15.7 Å². The van der Waals surface area contributed by atoms with Crippen LogP contribution in [-0.4, -0.2) is 54.1 Å². The molecule has 1 atom stereocenters. The monoisotopic (exact) mass is 485 g/mol. The number of aromatic nitrogens is 2. The highest BCUT2D eigenvalue weighted by atomic mass is 35.5. The van der Waals surface area contributed by atoms with Gasteiger partial charge in [-0.05, 0) is 25.3 Å². The second-order valence-electron chi connectivity index (χ2n) is 7.88. The number of nitrogens with one attached hydrogen (secondary N) is 2. The Kier molecular flexibility index (Phi) is 6.80. The zero-order chi connectivity index (χ0) is 23.6. The number of hydrogen-bond acceptors (Lipinski definition) is 7. The summed E-state index contributed by atoms with van der Waals surface area (Å²) in [5, 5.41) is 6.01. The number of ether oxygens (including phenoxy) is 2. The quantitative estimate of drug-likeness (QED) is 0.562. The molecule has 1 saturated carbocycles. The number of morpholine rings is 1. The maximum Gasteiger partial charge on any atom is 0.421 e. The van der Waals surface area contributed by atoms with Crippen molar-refractivity contribution < 1.29 is 27.4 Å². The summed E-state index contributed by atoms with van der Waals surface area (Å²) in [6, 6.07) is 3.19. The number of rotatable bonds is 7. The third-order valence-electron chi connectivity index (χ3n) is 5.70. The van der Waals surface area contributed by atoms with Gasteiger partial charge in [0.1, 0.15) is 23.2 Å². The Morgan fingerprint density at radius 1 is 1.33 bits per heavy atom. The van der Waals surface area contributed by atoms with Gasteiger partial charge in [-0.25, -0.2) is 4.98 Å². The number of alkyl halides is 3. The molecule has 2 aliphatic rings. The van der Waals surface area contributed by atoms with Gasteiger partial charge in [0.25, 0.3) is 0 Å². The minimum atomic E-state index is -4.58. The third kappa shape index (κ3) is 5.25. The first kappa shape index (κ1) is 23.4. The second kappa shape index (κ2) is 9.60. The third-order valence-corrected chi connectivity index (χ3v) is 6.01. The molecule has 0 bridgehead atoms. The van der Waals surface area contributed by atoms with Crippen molar-refractivity contribution in [3.63, 3.8) is 0 Å². The van der Waals surface area contributed by atoms with E-state index in [1.165, 1.54) is 7.11 Å². The van der Waals surface area contributed by atoms with Crippen LogP contribution in [0.4, 0.5) is 30.6 Å². The molecule has 4 rings (SSSR count). The average Bonchev–Trinajstić information content (AvgIpc) is 2.76. The average molecular weight is 486 g/mol. The predicted molar refractivity (Wildman–Crippen MR) is 116 cm³/mol. The Morgan fingerprint density at radius 3 is 2.76 bits per heavy atom.